The van der Waals surface area contributed by atoms with Crippen LogP contribution in [0.4, 0.5) is 5.69 Å². The number of benzene rings is 1. The summed E-state index contributed by atoms with van der Waals surface area (Å²) in [5, 5.41) is 12.9. The molecule has 3 heteroatoms. The first kappa shape index (κ1) is 16.7. The fraction of sp³-hybridized carbons (Fsp3) is 0.579. The molecule has 0 bridgehead atoms. The van der Waals surface area contributed by atoms with Gasteiger partial charge in [0.15, 0.2) is 0 Å². The molecule has 0 heterocycles. The molecule has 1 fully saturated rings. The van der Waals surface area contributed by atoms with Crippen molar-refractivity contribution in [3.63, 3.8) is 0 Å². The Labute approximate surface area is 134 Å². The molecular formula is C19H27NO2. The molecule has 0 unspecified atom stereocenters. The van der Waals surface area contributed by atoms with Crippen LogP contribution >= 0.6 is 0 Å². The maximum absolute atomic E-state index is 9.47. The van der Waals surface area contributed by atoms with Gasteiger partial charge in [-0.1, -0.05) is 38.0 Å². The van der Waals surface area contributed by atoms with Crippen LogP contribution in [0.5, 0.6) is 5.75 Å². The van der Waals surface area contributed by atoms with Crippen molar-refractivity contribution in [1.82, 2.24) is 0 Å². The molecule has 0 spiro atoms. The molecule has 0 aliphatic heterocycles. The van der Waals surface area contributed by atoms with Crippen LogP contribution < -0.4 is 10.1 Å². The number of methoxy groups -OCH3 is 1. The predicted molar refractivity (Wildman–Crippen MR) is 91.0 cm³/mol. The molecule has 0 aromatic heterocycles. The normalized spacial score (nSPS) is 18.0. The highest BCUT2D eigenvalue weighted by atomic mass is 16.5. The summed E-state index contributed by atoms with van der Waals surface area (Å²) in [6.45, 7) is 2.16. The Morgan fingerprint density at radius 1 is 1.23 bits per heavy atom. The highest BCUT2D eigenvalue weighted by molar-refractivity contribution is 5.48. The molecule has 1 aliphatic rings. The number of aliphatic hydroxyl groups is 1. The molecule has 0 amide bonds. The van der Waals surface area contributed by atoms with Gasteiger partial charge in [0.2, 0.25) is 0 Å². The lowest BCUT2D eigenvalue weighted by atomic mass is 9.89. The standard InChI is InChI=1S/C19H27NO2/c1-15(14-21)19(13-8-16-6-4-3-5-7-16)20-17-9-11-18(22-2)12-10-17/h9-12,15-16,19-21H,3-7,14H2,1-2H3/t15-,19+/m0/s1. The van der Waals surface area contributed by atoms with Crippen molar-refractivity contribution in [2.45, 2.75) is 45.1 Å². The molecular weight excluding hydrogens is 274 g/mol. The average Bonchev–Trinajstić information content (AvgIpc) is 2.59. The minimum atomic E-state index is -0.0275. The molecule has 0 saturated heterocycles. The summed E-state index contributed by atoms with van der Waals surface area (Å²) in [5.41, 5.74) is 1.00. The zero-order valence-electron chi connectivity index (χ0n) is 13.6. The van der Waals surface area contributed by atoms with Gasteiger partial charge in [-0.15, -0.1) is 0 Å². The molecule has 1 aromatic rings. The molecule has 2 rings (SSSR count). The van der Waals surface area contributed by atoms with Crippen molar-refractivity contribution in [2.75, 3.05) is 19.0 Å². The number of aliphatic hydroxyl groups excluding tert-OH is 1. The van der Waals surface area contributed by atoms with E-state index >= 15 is 0 Å². The van der Waals surface area contributed by atoms with E-state index in [2.05, 4.69) is 17.2 Å². The van der Waals surface area contributed by atoms with Gasteiger partial charge in [-0.2, -0.15) is 0 Å². The fourth-order valence-electron chi connectivity index (χ4n) is 2.75. The van der Waals surface area contributed by atoms with E-state index < -0.39 is 0 Å². The minimum absolute atomic E-state index is 0.0275. The largest absolute Gasteiger partial charge is 0.497 e. The van der Waals surface area contributed by atoms with Crippen molar-refractivity contribution in [2.24, 2.45) is 11.8 Å². The number of hydrogen-bond donors (Lipinski definition) is 2. The van der Waals surface area contributed by atoms with Crippen LogP contribution in [0, 0.1) is 23.7 Å². The maximum Gasteiger partial charge on any atom is 0.119 e. The molecule has 3 nitrogen and oxygen atoms in total. The second-order valence-corrected chi connectivity index (χ2v) is 6.13. The zero-order valence-corrected chi connectivity index (χ0v) is 13.6. The van der Waals surface area contributed by atoms with Gasteiger partial charge in [-0.25, -0.2) is 0 Å². The van der Waals surface area contributed by atoms with E-state index in [1.165, 1.54) is 32.1 Å². The summed E-state index contributed by atoms with van der Waals surface area (Å²) < 4.78 is 5.17. The predicted octanol–water partition coefficient (Wildman–Crippen LogP) is 3.69. The third kappa shape index (κ3) is 4.96. The summed E-state index contributed by atoms with van der Waals surface area (Å²) in [5.74, 6) is 8.26. The van der Waals surface area contributed by atoms with E-state index in [9.17, 15) is 5.11 Å². The van der Waals surface area contributed by atoms with Crippen LogP contribution in [0.25, 0.3) is 0 Å². The highest BCUT2D eigenvalue weighted by Gasteiger charge is 2.15. The number of rotatable bonds is 5. The SMILES string of the molecule is COc1ccc(N[C@H](C#CC2CCCCC2)[C@@H](C)CO)cc1. The Morgan fingerprint density at radius 2 is 1.91 bits per heavy atom. The van der Waals surface area contributed by atoms with E-state index in [-0.39, 0.29) is 18.6 Å². The van der Waals surface area contributed by atoms with Crippen molar-refractivity contribution in [3.8, 4) is 17.6 Å². The van der Waals surface area contributed by atoms with Crippen molar-refractivity contribution in [3.05, 3.63) is 24.3 Å². The van der Waals surface area contributed by atoms with Crippen LogP contribution in [-0.4, -0.2) is 24.9 Å². The molecule has 1 aromatic carbocycles. The van der Waals surface area contributed by atoms with Crippen molar-refractivity contribution >= 4 is 5.69 Å². The Morgan fingerprint density at radius 3 is 2.50 bits per heavy atom. The third-order valence-electron chi connectivity index (χ3n) is 4.32. The minimum Gasteiger partial charge on any atom is -0.497 e. The van der Waals surface area contributed by atoms with E-state index in [1.807, 2.05) is 31.2 Å². The van der Waals surface area contributed by atoms with Gasteiger partial charge in [0.25, 0.3) is 0 Å². The van der Waals surface area contributed by atoms with Gasteiger partial charge >= 0.3 is 0 Å². The Bertz CT molecular complexity index is 494. The first-order valence-corrected chi connectivity index (χ1v) is 8.25. The monoisotopic (exact) mass is 301 g/mol. The summed E-state index contributed by atoms with van der Waals surface area (Å²) >= 11 is 0. The number of nitrogens with one attached hydrogen (secondary N) is 1. The van der Waals surface area contributed by atoms with Crippen LogP contribution in [0.15, 0.2) is 24.3 Å². The maximum atomic E-state index is 9.47. The Balaban J connectivity index is 2.03. The Kier molecular flexibility index (Phi) is 6.61. The fourth-order valence-corrected chi connectivity index (χ4v) is 2.75. The lowest BCUT2D eigenvalue weighted by Crippen LogP contribution is -2.28. The molecule has 120 valence electrons. The lowest BCUT2D eigenvalue weighted by molar-refractivity contribution is 0.233. The van der Waals surface area contributed by atoms with Gasteiger partial charge in [0.1, 0.15) is 5.75 Å². The topological polar surface area (TPSA) is 41.5 Å². The smallest absolute Gasteiger partial charge is 0.119 e. The summed E-state index contributed by atoms with van der Waals surface area (Å²) in [6.07, 6.45) is 6.38. The zero-order chi connectivity index (χ0) is 15.8. The summed E-state index contributed by atoms with van der Waals surface area (Å²) in [7, 11) is 1.66. The van der Waals surface area contributed by atoms with Crippen LogP contribution in [0.2, 0.25) is 0 Å². The average molecular weight is 301 g/mol. The van der Waals surface area contributed by atoms with Crippen LogP contribution in [-0.2, 0) is 0 Å². The number of anilines is 1. The summed E-state index contributed by atoms with van der Waals surface area (Å²) in [6, 6.07) is 7.80. The Hall–Kier alpha value is -1.66. The van der Waals surface area contributed by atoms with Crippen LogP contribution in [0.3, 0.4) is 0 Å². The quantitative estimate of drug-likeness (QED) is 0.815. The van der Waals surface area contributed by atoms with E-state index in [4.69, 9.17) is 4.74 Å². The number of ether oxygens (including phenoxy) is 1. The summed E-state index contributed by atoms with van der Waals surface area (Å²) in [4.78, 5) is 0. The third-order valence-corrected chi connectivity index (χ3v) is 4.32. The van der Waals surface area contributed by atoms with Gasteiger partial charge in [0.05, 0.1) is 13.2 Å². The van der Waals surface area contributed by atoms with Crippen molar-refractivity contribution in [1.29, 1.82) is 0 Å². The molecule has 1 saturated carbocycles. The van der Waals surface area contributed by atoms with E-state index in [0.29, 0.717) is 5.92 Å². The first-order chi connectivity index (χ1) is 10.7. The second kappa shape index (κ2) is 8.70. The van der Waals surface area contributed by atoms with Gasteiger partial charge in [-0.05, 0) is 37.1 Å². The van der Waals surface area contributed by atoms with Crippen molar-refractivity contribution < 1.29 is 9.84 Å². The number of hydrogen-bond acceptors (Lipinski definition) is 3. The molecule has 2 atom stereocenters. The molecule has 2 N–H and O–H groups in total. The van der Waals surface area contributed by atoms with E-state index in [1.54, 1.807) is 7.11 Å². The second-order valence-electron chi connectivity index (χ2n) is 6.13. The lowest BCUT2D eigenvalue weighted by Gasteiger charge is -2.21. The van der Waals surface area contributed by atoms with Gasteiger partial charge in [-0.3, -0.25) is 0 Å². The van der Waals surface area contributed by atoms with E-state index in [0.717, 1.165) is 11.4 Å². The van der Waals surface area contributed by atoms with Gasteiger partial charge in [0, 0.05) is 24.1 Å². The van der Waals surface area contributed by atoms with Crippen LogP contribution in [0.1, 0.15) is 39.0 Å². The van der Waals surface area contributed by atoms with Gasteiger partial charge < -0.3 is 15.2 Å². The molecule has 22 heavy (non-hydrogen) atoms. The molecule has 1 aliphatic carbocycles. The highest BCUT2D eigenvalue weighted by Crippen LogP contribution is 2.23. The molecule has 0 radical (unpaired) electrons. The first-order valence-electron chi connectivity index (χ1n) is 8.25.